The SMILES string of the molecule is CCC(C)(C)N(C(=O)C(CC(C)C)NC(=O)OC(C)(C)C)C(C(=O)NCC(=O)OC)c1c(C)cccc1C. The predicted molar refractivity (Wildman–Crippen MR) is 148 cm³/mol. The normalized spacial score (nSPS) is 13.4. The molecule has 2 N–H and O–H groups in total. The zero-order chi connectivity index (χ0) is 29.4. The van der Waals surface area contributed by atoms with Gasteiger partial charge < -0.3 is 25.0 Å². The second-order valence-electron chi connectivity index (χ2n) is 11.7. The quantitative estimate of drug-likeness (QED) is 0.402. The summed E-state index contributed by atoms with van der Waals surface area (Å²) in [5.41, 5.74) is 0.795. The van der Waals surface area contributed by atoms with Gasteiger partial charge in [0.2, 0.25) is 11.8 Å². The van der Waals surface area contributed by atoms with Gasteiger partial charge in [0.1, 0.15) is 24.2 Å². The molecule has 2 atom stereocenters. The Kier molecular flexibility index (Phi) is 11.8. The van der Waals surface area contributed by atoms with Gasteiger partial charge >= 0.3 is 12.1 Å². The van der Waals surface area contributed by atoms with E-state index in [1.807, 2.05) is 66.7 Å². The topological polar surface area (TPSA) is 114 Å². The van der Waals surface area contributed by atoms with E-state index in [1.165, 1.54) is 7.11 Å². The molecule has 0 aliphatic heterocycles. The van der Waals surface area contributed by atoms with Gasteiger partial charge in [0.25, 0.3) is 0 Å². The lowest BCUT2D eigenvalue weighted by atomic mass is 9.87. The largest absolute Gasteiger partial charge is 0.468 e. The van der Waals surface area contributed by atoms with Gasteiger partial charge in [-0.05, 0) is 83.9 Å². The molecule has 2 unspecified atom stereocenters. The average Bonchev–Trinajstić information content (AvgIpc) is 2.79. The van der Waals surface area contributed by atoms with Crippen LogP contribution >= 0.6 is 0 Å². The maximum Gasteiger partial charge on any atom is 0.408 e. The molecule has 0 heterocycles. The molecule has 0 radical (unpaired) electrons. The van der Waals surface area contributed by atoms with Gasteiger partial charge in [-0.2, -0.15) is 0 Å². The molecule has 3 amide bonds. The predicted octanol–water partition coefficient (Wildman–Crippen LogP) is 4.59. The number of carbonyl (C=O) groups is 4. The number of amides is 3. The second-order valence-corrected chi connectivity index (χ2v) is 11.7. The molecular weight excluding hydrogens is 486 g/mol. The molecular formula is C29H47N3O6. The van der Waals surface area contributed by atoms with Crippen molar-refractivity contribution in [3.63, 3.8) is 0 Å². The van der Waals surface area contributed by atoms with Gasteiger partial charge in [-0.1, -0.05) is 39.0 Å². The van der Waals surface area contributed by atoms with Crippen molar-refractivity contribution < 1.29 is 28.7 Å². The molecule has 0 fully saturated rings. The highest BCUT2D eigenvalue weighted by atomic mass is 16.6. The fourth-order valence-corrected chi connectivity index (χ4v) is 4.22. The van der Waals surface area contributed by atoms with E-state index < -0.39 is 47.1 Å². The monoisotopic (exact) mass is 533 g/mol. The summed E-state index contributed by atoms with van der Waals surface area (Å²) in [5.74, 6) is -1.45. The van der Waals surface area contributed by atoms with Gasteiger partial charge in [0, 0.05) is 5.54 Å². The Labute approximate surface area is 228 Å². The molecule has 9 heteroatoms. The lowest BCUT2D eigenvalue weighted by Gasteiger charge is -2.45. The minimum Gasteiger partial charge on any atom is -0.468 e. The maximum absolute atomic E-state index is 14.4. The first-order valence-electron chi connectivity index (χ1n) is 13.2. The summed E-state index contributed by atoms with van der Waals surface area (Å²) < 4.78 is 10.1. The Bertz CT molecular complexity index is 976. The number of rotatable bonds is 11. The first-order valence-corrected chi connectivity index (χ1v) is 13.2. The van der Waals surface area contributed by atoms with Crippen molar-refractivity contribution in [2.24, 2.45) is 5.92 Å². The fraction of sp³-hybridized carbons (Fsp3) is 0.655. The third kappa shape index (κ3) is 9.33. The van der Waals surface area contributed by atoms with Crippen molar-refractivity contribution in [2.75, 3.05) is 13.7 Å². The zero-order valence-corrected chi connectivity index (χ0v) is 25.0. The molecule has 0 aromatic heterocycles. The van der Waals surface area contributed by atoms with Gasteiger partial charge in [0.05, 0.1) is 7.11 Å². The zero-order valence-electron chi connectivity index (χ0n) is 25.0. The van der Waals surface area contributed by atoms with Gasteiger partial charge in [-0.3, -0.25) is 14.4 Å². The number of ether oxygens (including phenoxy) is 2. The third-order valence-corrected chi connectivity index (χ3v) is 6.41. The van der Waals surface area contributed by atoms with E-state index in [4.69, 9.17) is 9.47 Å². The fourth-order valence-electron chi connectivity index (χ4n) is 4.22. The number of aryl methyl sites for hydroxylation is 2. The van der Waals surface area contributed by atoms with E-state index >= 15 is 0 Å². The Morgan fingerprint density at radius 1 is 1.00 bits per heavy atom. The van der Waals surface area contributed by atoms with Crippen LogP contribution in [0.4, 0.5) is 4.79 Å². The van der Waals surface area contributed by atoms with Crippen LogP contribution in [0.2, 0.25) is 0 Å². The van der Waals surface area contributed by atoms with Crippen molar-refractivity contribution in [1.29, 1.82) is 0 Å². The summed E-state index contributed by atoms with van der Waals surface area (Å²) in [7, 11) is 1.24. The maximum atomic E-state index is 14.4. The smallest absolute Gasteiger partial charge is 0.408 e. The molecule has 0 saturated heterocycles. The van der Waals surface area contributed by atoms with E-state index in [2.05, 4.69) is 10.6 Å². The van der Waals surface area contributed by atoms with Crippen LogP contribution in [-0.2, 0) is 23.9 Å². The van der Waals surface area contributed by atoms with Crippen molar-refractivity contribution in [1.82, 2.24) is 15.5 Å². The number of methoxy groups -OCH3 is 1. The Hall–Kier alpha value is -3.10. The first kappa shape index (κ1) is 32.9. The van der Waals surface area contributed by atoms with Gasteiger partial charge in [-0.25, -0.2) is 4.79 Å². The summed E-state index contributed by atoms with van der Waals surface area (Å²) in [5, 5.41) is 5.41. The number of carbonyl (C=O) groups excluding carboxylic acids is 4. The van der Waals surface area contributed by atoms with Crippen LogP contribution in [0.15, 0.2) is 18.2 Å². The lowest BCUT2D eigenvalue weighted by molar-refractivity contribution is -0.150. The molecule has 0 saturated carbocycles. The molecule has 1 aromatic rings. The van der Waals surface area contributed by atoms with Crippen molar-refractivity contribution >= 4 is 23.9 Å². The van der Waals surface area contributed by atoms with Crippen molar-refractivity contribution in [2.45, 2.75) is 105 Å². The van der Waals surface area contributed by atoms with E-state index in [-0.39, 0.29) is 12.5 Å². The Balaban J connectivity index is 3.74. The number of hydrogen-bond donors (Lipinski definition) is 2. The summed E-state index contributed by atoms with van der Waals surface area (Å²) in [6.45, 7) is 18.3. The number of esters is 1. The minimum absolute atomic E-state index is 0.0669. The van der Waals surface area contributed by atoms with E-state index in [9.17, 15) is 19.2 Å². The molecule has 0 aliphatic rings. The summed E-state index contributed by atoms with van der Waals surface area (Å²) in [6.07, 6.45) is 0.174. The number of nitrogens with zero attached hydrogens (tertiary/aromatic N) is 1. The number of hydrogen-bond acceptors (Lipinski definition) is 6. The Morgan fingerprint density at radius 2 is 1.55 bits per heavy atom. The van der Waals surface area contributed by atoms with Crippen LogP contribution in [0, 0.1) is 19.8 Å². The summed E-state index contributed by atoms with van der Waals surface area (Å²) in [4.78, 5) is 54.4. The van der Waals surface area contributed by atoms with Gasteiger partial charge in [-0.15, -0.1) is 0 Å². The van der Waals surface area contributed by atoms with Crippen LogP contribution in [0.25, 0.3) is 0 Å². The molecule has 38 heavy (non-hydrogen) atoms. The van der Waals surface area contributed by atoms with Gasteiger partial charge in [0.15, 0.2) is 0 Å². The third-order valence-electron chi connectivity index (χ3n) is 6.41. The van der Waals surface area contributed by atoms with E-state index in [1.54, 1.807) is 25.7 Å². The highest BCUT2D eigenvalue weighted by Gasteiger charge is 2.44. The standard InChI is InChI=1S/C29H47N3O6/c1-12-29(9,10)32(26(35)21(16-18(2)3)31-27(36)38-28(6,7)8)24(25(34)30-17-22(33)37-11)23-19(4)14-13-15-20(23)5/h13-15,18,21,24H,12,16-17H2,1-11H3,(H,30,34)(H,31,36). The summed E-state index contributed by atoms with van der Waals surface area (Å²) in [6, 6.07) is 3.67. The van der Waals surface area contributed by atoms with E-state index in [0.29, 0.717) is 18.4 Å². The van der Waals surface area contributed by atoms with Crippen molar-refractivity contribution in [3.8, 4) is 0 Å². The van der Waals surface area contributed by atoms with Crippen molar-refractivity contribution in [3.05, 3.63) is 34.9 Å². The number of nitrogens with one attached hydrogen (secondary N) is 2. The van der Waals surface area contributed by atoms with E-state index in [0.717, 1.165) is 11.1 Å². The first-order chi connectivity index (χ1) is 17.4. The van der Waals surface area contributed by atoms with Crippen LogP contribution in [0.5, 0.6) is 0 Å². The molecule has 9 nitrogen and oxygen atoms in total. The van der Waals surface area contributed by atoms with Crippen LogP contribution < -0.4 is 10.6 Å². The molecule has 0 spiro atoms. The van der Waals surface area contributed by atoms with Crippen LogP contribution in [0.3, 0.4) is 0 Å². The molecule has 0 bridgehead atoms. The van der Waals surface area contributed by atoms with Crippen LogP contribution in [0.1, 0.15) is 91.0 Å². The molecule has 214 valence electrons. The molecule has 0 aliphatic carbocycles. The number of benzene rings is 1. The second kappa shape index (κ2) is 13.6. The Morgan fingerprint density at radius 3 is 2.00 bits per heavy atom. The summed E-state index contributed by atoms with van der Waals surface area (Å²) >= 11 is 0. The highest BCUT2D eigenvalue weighted by molar-refractivity contribution is 5.94. The highest BCUT2D eigenvalue weighted by Crippen LogP contribution is 2.35. The number of alkyl carbamates (subject to hydrolysis) is 1. The lowest BCUT2D eigenvalue weighted by Crippen LogP contribution is -2.60. The minimum atomic E-state index is -1.06. The van der Waals surface area contributed by atoms with Crippen LogP contribution in [-0.4, -0.2) is 59.6 Å². The average molecular weight is 534 g/mol. The molecule has 1 rings (SSSR count). The molecule has 1 aromatic carbocycles.